The fraction of sp³-hybridized carbons (Fsp3) is 0.100. The molecule has 0 radical (unpaired) electrons. The van der Waals surface area contributed by atoms with Crippen LogP contribution in [0.2, 0.25) is 5.28 Å². The largest absolute Gasteiger partial charge is 0.368 e. The topological polar surface area (TPSA) is 64.7 Å². The molecule has 0 aliphatic rings. The van der Waals surface area contributed by atoms with Crippen molar-refractivity contribution in [2.75, 3.05) is 5.73 Å². The van der Waals surface area contributed by atoms with Gasteiger partial charge >= 0.3 is 0 Å². The third-order valence-electron chi connectivity index (χ3n) is 2.06. The lowest BCUT2D eigenvalue weighted by molar-refractivity contribution is 1.07. The van der Waals surface area contributed by atoms with Gasteiger partial charge in [0, 0.05) is 9.13 Å². The van der Waals surface area contributed by atoms with Crippen LogP contribution in [0.5, 0.6) is 0 Å². The summed E-state index contributed by atoms with van der Waals surface area (Å²) in [5, 5.41) is 0.111. The number of hydrogen-bond donors (Lipinski definition) is 1. The minimum atomic E-state index is 0.111. The Morgan fingerprint density at radius 1 is 1.25 bits per heavy atom. The van der Waals surface area contributed by atoms with Gasteiger partial charge in [0.05, 0.1) is 0 Å². The maximum absolute atomic E-state index is 5.75. The van der Waals surface area contributed by atoms with Gasteiger partial charge in [-0.2, -0.15) is 15.0 Å². The summed E-state index contributed by atoms with van der Waals surface area (Å²) in [6, 6.07) is 5.90. The van der Waals surface area contributed by atoms with Gasteiger partial charge in [-0.25, -0.2) is 0 Å². The van der Waals surface area contributed by atoms with E-state index in [1.807, 2.05) is 25.1 Å². The van der Waals surface area contributed by atoms with Crippen LogP contribution in [0.3, 0.4) is 0 Å². The minimum Gasteiger partial charge on any atom is -0.368 e. The fourth-order valence-electron chi connectivity index (χ4n) is 1.31. The van der Waals surface area contributed by atoms with Crippen LogP contribution in [0, 0.1) is 10.5 Å². The second kappa shape index (κ2) is 4.50. The Morgan fingerprint density at radius 3 is 2.69 bits per heavy atom. The van der Waals surface area contributed by atoms with Gasteiger partial charge in [0.2, 0.25) is 11.2 Å². The number of nitrogens with zero attached hydrogens (tertiary/aromatic N) is 3. The summed E-state index contributed by atoms with van der Waals surface area (Å²) < 4.78 is 1.08. The first kappa shape index (κ1) is 11.5. The molecular weight excluding hydrogens is 338 g/mol. The molecule has 0 spiro atoms. The zero-order valence-corrected chi connectivity index (χ0v) is 11.3. The molecule has 82 valence electrons. The molecule has 0 amide bonds. The summed E-state index contributed by atoms with van der Waals surface area (Å²) >= 11 is 8.00. The molecule has 0 saturated carbocycles. The SMILES string of the molecule is Cc1cccc(-c2nc(N)nc(Cl)n2)c1I. The summed E-state index contributed by atoms with van der Waals surface area (Å²) in [6.45, 7) is 2.03. The van der Waals surface area contributed by atoms with E-state index in [0.717, 1.165) is 14.7 Å². The lowest BCUT2D eigenvalue weighted by Gasteiger charge is -2.06. The highest BCUT2D eigenvalue weighted by Crippen LogP contribution is 2.25. The van der Waals surface area contributed by atoms with Crippen LogP contribution in [0.25, 0.3) is 11.4 Å². The van der Waals surface area contributed by atoms with Crippen molar-refractivity contribution in [3.8, 4) is 11.4 Å². The lowest BCUT2D eigenvalue weighted by Crippen LogP contribution is -2.01. The van der Waals surface area contributed by atoms with E-state index < -0.39 is 0 Å². The lowest BCUT2D eigenvalue weighted by atomic mass is 10.1. The molecule has 0 atom stereocenters. The van der Waals surface area contributed by atoms with Crippen molar-refractivity contribution in [1.82, 2.24) is 15.0 Å². The molecule has 2 aromatic rings. The molecule has 1 aromatic carbocycles. The fourth-order valence-corrected chi connectivity index (χ4v) is 2.07. The van der Waals surface area contributed by atoms with Gasteiger partial charge in [0.15, 0.2) is 5.82 Å². The second-order valence-corrected chi connectivity index (χ2v) is 4.64. The van der Waals surface area contributed by atoms with Crippen molar-refractivity contribution >= 4 is 40.1 Å². The van der Waals surface area contributed by atoms with Crippen LogP contribution in [-0.4, -0.2) is 15.0 Å². The Labute approximate surface area is 111 Å². The van der Waals surface area contributed by atoms with Gasteiger partial charge in [-0.3, -0.25) is 0 Å². The van der Waals surface area contributed by atoms with Crippen molar-refractivity contribution in [3.63, 3.8) is 0 Å². The molecule has 16 heavy (non-hydrogen) atoms. The monoisotopic (exact) mass is 346 g/mol. The molecule has 0 saturated heterocycles. The van der Waals surface area contributed by atoms with Crippen molar-refractivity contribution in [2.24, 2.45) is 0 Å². The zero-order valence-electron chi connectivity index (χ0n) is 8.41. The van der Waals surface area contributed by atoms with Crippen molar-refractivity contribution in [2.45, 2.75) is 6.92 Å². The average molecular weight is 347 g/mol. The Kier molecular flexibility index (Phi) is 3.25. The summed E-state index contributed by atoms with van der Waals surface area (Å²) in [6.07, 6.45) is 0. The van der Waals surface area contributed by atoms with E-state index in [-0.39, 0.29) is 11.2 Å². The van der Waals surface area contributed by atoms with E-state index in [9.17, 15) is 0 Å². The van der Waals surface area contributed by atoms with Crippen LogP contribution in [-0.2, 0) is 0 Å². The van der Waals surface area contributed by atoms with Crippen molar-refractivity contribution < 1.29 is 0 Å². The highest BCUT2D eigenvalue weighted by atomic mass is 127. The number of nitrogen functional groups attached to an aromatic ring is 1. The molecule has 0 aliphatic heterocycles. The standard InChI is InChI=1S/C10H8ClIN4/c1-5-3-2-4-6(7(5)12)8-14-9(11)16-10(13)15-8/h2-4H,1H3,(H2,13,14,15,16). The van der Waals surface area contributed by atoms with Gasteiger partial charge in [-0.1, -0.05) is 18.2 Å². The summed E-state index contributed by atoms with van der Waals surface area (Å²) in [5.74, 6) is 0.637. The molecule has 1 heterocycles. The highest BCUT2D eigenvalue weighted by Gasteiger charge is 2.10. The molecule has 6 heteroatoms. The quantitative estimate of drug-likeness (QED) is 0.806. The van der Waals surface area contributed by atoms with E-state index in [1.54, 1.807) is 0 Å². The first-order valence-corrected chi connectivity index (χ1v) is 5.96. The molecule has 0 aliphatic carbocycles. The number of aryl methyl sites for hydroxylation is 1. The zero-order chi connectivity index (χ0) is 11.7. The highest BCUT2D eigenvalue weighted by molar-refractivity contribution is 14.1. The summed E-state index contributed by atoms with van der Waals surface area (Å²) in [4.78, 5) is 11.9. The maximum atomic E-state index is 5.75. The third kappa shape index (κ3) is 2.25. The van der Waals surface area contributed by atoms with Crippen LogP contribution in [0.4, 0.5) is 5.95 Å². The van der Waals surface area contributed by atoms with E-state index in [1.165, 1.54) is 0 Å². The number of aromatic nitrogens is 3. The molecule has 4 nitrogen and oxygen atoms in total. The smallest absolute Gasteiger partial charge is 0.227 e. The van der Waals surface area contributed by atoms with Gasteiger partial charge in [0.1, 0.15) is 0 Å². The van der Waals surface area contributed by atoms with Gasteiger partial charge in [-0.15, -0.1) is 0 Å². The summed E-state index contributed by atoms with van der Waals surface area (Å²) in [7, 11) is 0. The van der Waals surface area contributed by atoms with Gasteiger partial charge in [-0.05, 0) is 46.7 Å². The first-order chi connectivity index (χ1) is 7.58. The molecule has 0 unspecified atom stereocenters. The van der Waals surface area contributed by atoms with E-state index in [2.05, 4.69) is 37.5 Å². The third-order valence-corrected chi connectivity index (χ3v) is 3.66. The summed E-state index contributed by atoms with van der Waals surface area (Å²) in [5.41, 5.74) is 7.61. The number of hydrogen-bond acceptors (Lipinski definition) is 4. The number of halogens is 2. The molecule has 0 bridgehead atoms. The van der Waals surface area contributed by atoms with Gasteiger partial charge in [0.25, 0.3) is 0 Å². The number of anilines is 1. The predicted octanol–water partition coefficient (Wildman–Crippen LogP) is 2.69. The Morgan fingerprint density at radius 2 is 2.00 bits per heavy atom. The number of nitrogens with two attached hydrogens (primary N) is 1. The van der Waals surface area contributed by atoms with E-state index in [4.69, 9.17) is 17.3 Å². The number of rotatable bonds is 1. The van der Waals surface area contributed by atoms with Crippen LogP contribution < -0.4 is 5.73 Å². The second-order valence-electron chi connectivity index (χ2n) is 3.22. The van der Waals surface area contributed by atoms with Crippen LogP contribution >= 0.6 is 34.2 Å². The first-order valence-electron chi connectivity index (χ1n) is 4.50. The van der Waals surface area contributed by atoms with Crippen LogP contribution in [0.15, 0.2) is 18.2 Å². The maximum Gasteiger partial charge on any atom is 0.227 e. The van der Waals surface area contributed by atoms with E-state index in [0.29, 0.717) is 5.82 Å². The average Bonchev–Trinajstić information content (AvgIpc) is 2.20. The van der Waals surface area contributed by atoms with Gasteiger partial charge < -0.3 is 5.73 Å². The van der Waals surface area contributed by atoms with E-state index >= 15 is 0 Å². The molecule has 2 rings (SSSR count). The Hall–Kier alpha value is -0.950. The van der Waals surface area contributed by atoms with Crippen LogP contribution in [0.1, 0.15) is 5.56 Å². The predicted molar refractivity (Wildman–Crippen MR) is 72.1 cm³/mol. The van der Waals surface area contributed by atoms with Crippen molar-refractivity contribution in [3.05, 3.63) is 32.6 Å². The molecular formula is C10H8ClIN4. The Bertz CT molecular complexity index is 524. The minimum absolute atomic E-state index is 0.111. The Balaban J connectivity index is 2.63. The van der Waals surface area contributed by atoms with Crippen molar-refractivity contribution in [1.29, 1.82) is 0 Å². The molecule has 0 fully saturated rings. The molecule has 1 aromatic heterocycles. The number of benzene rings is 1. The molecule has 2 N–H and O–H groups in total. The normalized spacial score (nSPS) is 10.4.